The Morgan fingerprint density at radius 3 is 2.56 bits per heavy atom. The van der Waals surface area contributed by atoms with Gasteiger partial charge in [-0.1, -0.05) is 6.07 Å². The highest BCUT2D eigenvalue weighted by Gasteiger charge is 2.37. The van der Waals surface area contributed by atoms with E-state index in [0.29, 0.717) is 16.0 Å². The van der Waals surface area contributed by atoms with Crippen LogP contribution in [-0.4, -0.2) is 0 Å². The quantitative estimate of drug-likeness (QED) is 0.720. The molecule has 0 fully saturated rings. The number of hydrogen-bond acceptors (Lipinski definition) is 3. The van der Waals surface area contributed by atoms with Crippen molar-refractivity contribution in [1.29, 1.82) is 5.26 Å². The maximum atomic E-state index is 12.6. The molecular formula is C10H5F3N2S. The molecule has 82 valence electrons. The van der Waals surface area contributed by atoms with Crippen LogP contribution in [-0.2, 0) is 6.18 Å². The summed E-state index contributed by atoms with van der Waals surface area (Å²) in [7, 11) is 0. The normalized spacial score (nSPS) is 11.6. The minimum atomic E-state index is -4.51. The predicted octanol–water partition coefficient (Wildman–Crippen LogP) is 3.37. The summed E-state index contributed by atoms with van der Waals surface area (Å²) < 4.78 is 38.2. The monoisotopic (exact) mass is 242 g/mol. The average molecular weight is 242 g/mol. The topological polar surface area (TPSA) is 49.8 Å². The van der Waals surface area contributed by atoms with Crippen LogP contribution in [0.3, 0.4) is 0 Å². The summed E-state index contributed by atoms with van der Waals surface area (Å²) in [6.07, 6.45) is -4.51. The van der Waals surface area contributed by atoms with Crippen LogP contribution in [0.2, 0.25) is 0 Å². The van der Waals surface area contributed by atoms with Crippen molar-refractivity contribution < 1.29 is 13.2 Å². The first kappa shape index (κ1) is 10.8. The molecule has 1 heterocycles. The van der Waals surface area contributed by atoms with Gasteiger partial charge in [0, 0.05) is 15.8 Å². The molecule has 0 saturated carbocycles. The van der Waals surface area contributed by atoms with Gasteiger partial charge in [0.05, 0.1) is 5.56 Å². The lowest BCUT2D eigenvalue weighted by molar-refractivity contribution is -0.134. The Labute approximate surface area is 92.7 Å². The molecule has 2 N–H and O–H groups in total. The van der Waals surface area contributed by atoms with E-state index in [0.717, 1.165) is 0 Å². The number of nitriles is 1. The second-order valence-electron chi connectivity index (χ2n) is 3.14. The second-order valence-corrected chi connectivity index (χ2v) is 4.19. The molecule has 0 atom stereocenters. The lowest BCUT2D eigenvalue weighted by Gasteiger charge is -2.02. The zero-order chi connectivity index (χ0) is 11.9. The fourth-order valence-electron chi connectivity index (χ4n) is 1.48. The SMILES string of the molecule is N#Cc1c(C(F)(F)F)sc2cccc(N)c12. The molecule has 2 nitrogen and oxygen atoms in total. The van der Waals surface area contributed by atoms with Gasteiger partial charge in [0.15, 0.2) is 0 Å². The summed E-state index contributed by atoms with van der Waals surface area (Å²) in [6.45, 7) is 0. The van der Waals surface area contributed by atoms with Gasteiger partial charge in [-0.05, 0) is 12.1 Å². The van der Waals surface area contributed by atoms with Gasteiger partial charge in [0.25, 0.3) is 0 Å². The molecule has 2 rings (SSSR count). The van der Waals surface area contributed by atoms with Crippen LogP contribution in [0.5, 0.6) is 0 Å². The van der Waals surface area contributed by atoms with Crippen molar-refractivity contribution in [2.24, 2.45) is 0 Å². The number of hydrogen-bond donors (Lipinski definition) is 1. The van der Waals surface area contributed by atoms with Gasteiger partial charge in [0.1, 0.15) is 10.9 Å². The lowest BCUT2D eigenvalue weighted by atomic mass is 10.1. The standard InChI is InChI=1S/C10H5F3N2S/c11-10(12,13)9-5(4-14)8-6(15)2-1-3-7(8)16-9/h1-3H,15H2. The van der Waals surface area contributed by atoms with Crippen molar-refractivity contribution in [3.63, 3.8) is 0 Å². The van der Waals surface area contributed by atoms with E-state index in [2.05, 4.69) is 0 Å². The van der Waals surface area contributed by atoms with Crippen molar-refractivity contribution in [2.45, 2.75) is 6.18 Å². The Kier molecular flexibility index (Phi) is 2.28. The van der Waals surface area contributed by atoms with E-state index in [1.165, 1.54) is 12.1 Å². The zero-order valence-corrected chi connectivity index (χ0v) is 8.62. The lowest BCUT2D eigenvalue weighted by Crippen LogP contribution is -2.03. The summed E-state index contributed by atoms with van der Waals surface area (Å²) >= 11 is 0.542. The van der Waals surface area contributed by atoms with Crippen molar-refractivity contribution in [1.82, 2.24) is 0 Å². The van der Waals surface area contributed by atoms with Gasteiger partial charge in [-0.3, -0.25) is 0 Å². The number of nitrogens with two attached hydrogens (primary N) is 1. The summed E-state index contributed by atoms with van der Waals surface area (Å²) in [5.41, 5.74) is 5.39. The first-order chi connectivity index (χ1) is 7.45. The molecule has 0 unspecified atom stereocenters. The Bertz CT molecular complexity index is 592. The number of thiophene rings is 1. The molecule has 0 aliphatic rings. The van der Waals surface area contributed by atoms with E-state index in [1.807, 2.05) is 0 Å². The number of benzene rings is 1. The molecule has 0 aliphatic heterocycles. The molecule has 2 aromatic rings. The number of nitrogen functional groups attached to an aromatic ring is 1. The van der Waals surface area contributed by atoms with Gasteiger partial charge in [0.2, 0.25) is 0 Å². The average Bonchev–Trinajstić information content (AvgIpc) is 2.57. The molecule has 1 aromatic heterocycles. The number of rotatable bonds is 0. The molecule has 0 radical (unpaired) electrons. The number of anilines is 1. The molecule has 1 aromatic carbocycles. The third kappa shape index (κ3) is 1.49. The molecular weight excluding hydrogens is 237 g/mol. The Morgan fingerprint density at radius 2 is 2.00 bits per heavy atom. The number of alkyl halides is 3. The molecule has 6 heteroatoms. The molecule has 0 amide bonds. The van der Waals surface area contributed by atoms with Gasteiger partial charge >= 0.3 is 6.18 Å². The van der Waals surface area contributed by atoms with Crippen LogP contribution in [0.15, 0.2) is 18.2 Å². The fourth-order valence-corrected chi connectivity index (χ4v) is 2.54. The van der Waals surface area contributed by atoms with Gasteiger partial charge < -0.3 is 5.73 Å². The molecule has 0 aliphatic carbocycles. The van der Waals surface area contributed by atoms with Crippen LogP contribution in [0.25, 0.3) is 10.1 Å². The number of nitrogens with zero attached hydrogens (tertiary/aromatic N) is 1. The summed E-state index contributed by atoms with van der Waals surface area (Å²) in [4.78, 5) is -0.886. The second kappa shape index (κ2) is 3.39. The van der Waals surface area contributed by atoms with Crippen LogP contribution < -0.4 is 5.73 Å². The maximum Gasteiger partial charge on any atom is 0.426 e. The van der Waals surface area contributed by atoms with E-state index < -0.39 is 11.1 Å². The van der Waals surface area contributed by atoms with Crippen LogP contribution in [0.1, 0.15) is 10.4 Å². The Morgan fingerprint density at radius 1 is 1.31 bits per heavy atom. The summed E-state index contributed by atoms with van der Waals surface area (Å²) in [6, 6.07) is 6.14. The Hall–Kier alpha value is -1.74. The van der Waals surface area contributed by atoms with Crippen LogP contribution in [0.4, 0.5) is 18.9 Å². The van der Waals surface area contributed by atoms with Crippen molar-refractivity contribution in [3.05, 3.63) is 28.6 Å². The zero-order valence-electron chi connectivity index (χ0n) is 7.80. The third-order valence-corrected chi connectivity index (χ3v) is 3.32. The van der Waals surface area contributed by atoms with Gasteiger partial charge in [-0.15, -0.1) is 11.3 Å². The summed E-state index contributed by atoms with van der Waals surface area (Å²) in [5.74, 6) is 0. The Balaban J connectivity index is 2.90. The molecule has 0 saturated heterocycles. The van der Waals surface area contributed by atoms with E-state index in [9.17, 15) is 13.2 Å². The van der Waals surface area contributed by atoms with Gasteiger partial charge in [-0.25, -0.2) is 0 Å². The fraction of sp³-hybridized carbons (Fsp3) is 0.100. The third-order valence-electron chi connectivity index (χ3n) is 2.12. The van der Waals surface area contributed by atoms with Crippen molar-refractivity contribution in [2.75, 3.05) is 5.73 Å². The van der Waals surface area contributed by atoms with E-state index in [1.54, 1.807) is 12.1 Å². The smallest absolute Gasteiger partial charge is 0.398 e. The number of fused-ring (bicyclic) bond motifs is 1. The number of halogens is 3. The van der Waals surface area contributed by atoms with Gasteiger partial charge in [-0.2, -0.15) is 18.4 Å². The molecule has 0 spiro atoms. The van der Waals surface area contributed by atoms with Crippen molar-refractivity contribution in [3.8, 4) is 6.07 Å². The molecule has 0 bridgehead atoms. The maximum absolute atomic E-state index is 12.6. The minimum Gasteiger partial charge on any atom is -0.398 e. The van der Waals surface area contributed by atoms with Crippen LogP contribution >= 0.6 is 11.3 Å². The molecule has 16 heavy (non-hydrogen) atoms. The highest BCUT2D eigenvalue weighted by atomic mass is 32.1. The first-order valence-electron chi connectivity index (χ1n) is 4.23. The highest BCUT2D eigenvalue weighted by molar-refractivity contribution is 7.19. The van der Waals surface area contributed by atoms with Crippen molar-refractivity contribution >= 4 is 27.1 Å². The van der Waals surface area contributed by atoms with E-state index in [-0.39, 0.29) is 16.6 Å². The minimum absolute atomic E-state index is 0.195. The summed E-state index contributed by atoms with van der Waals surface area (Å²) in [5, 5.41) is 8.99. The largest absolute Gasteiger partial charge is 0.426 e. The van der Waals surface area contributed by atoms with E-state index >= 15 is 0 Å². The highest BCUT2D eigenvalue weighted by Crippen LogP contribution is 2.43. The van der Waals surface area contributed by atoms with E-state index in [4.69, 9.17) is 11.0 Å². The first-order valence-corrected chi connectivity index (χ1v) is 5.05. The predicted molar refractivity (Wildman–Crippen MR) is 56.0 cm³/mol. The van der Waals surface area contributed by atoms with Crippen LogP contribution in [0, 0.1) is 11.3 Å².